The number of amides is 1. The van der Waals surface area contributed by atoms with Gasteiger partial charge < -0.3 is 4.90 Å². The minimum Gasteiger partial charge on any atom is -0.332 e. The van der Waals surface area contributed by atoms with Gasteiger partial charge in [-0.25, -0.2) is 4.98 Å². The van der Waals surface area contributed by atoms with E-state index in [1.807, 2.05) is 41.3 Å². The number of aromatic nitrogens is 2. The van der Waals surface area contributed by atoms with Gasteiger partial charge in [0.2, 0.25) is 5.91 Å². The molecule has 3 aromatic rings. The molecule has 33 heavy (non-hydrogen) atoms. The Morgan fingerprint density at radius 2 is 1.64 bits per heavy atom. The lowest BCUT2D eigenvalue weighted by Crippen LogP contribution is -2.40. The zero-order chi connectivity index (χ0) is 24.1. The van der Waals surface area contributed by atoms with Gasteiger partial charge in [-0.15, -0.1) is 0 Å². The summed E-state index contributed by atoms with van der Waals surface area (Å²) in [6, 6.07) is 15.2. The summed E-state index contributed by atoms with van der Waals surface area (Å²) in [5, 5.41) is 0.583. The lowest BCUT2D eigenvalue weighted by atomic mass is 10.0. The molecule has 5 nitrogen and oxygen atoms in total. The minimum atomic E-state index is -0.290. The Labute approximate surface area is 197 Å². The average molecular weight is 448 g/mol. The van der Waals surface area contributed by atoms with Crippen LogP contribution in [-0.4, -0.2) is 26.9 Å². The van der Waals surface area contributed by atoms with Crippen molar-refractivity contribution in [2.24, 2.45) is 11.8 Å². The van der Waals surface area contributed by atoms with Crippen LogP contribution in [0.1, 0.15) is 71.8 Å². The third kappa shape index (κ3) is 5.52. The highest BCUT2D eigenvalue weighted by atomic mass is 16.2. The molecule has 0 saturated carbocycles. The van der Waals surface area contributed by atoms with Gasteiger partial charge in [0, 0.05) is 13.0 Å². The molecule has 0 N–H and O–H groups in total. The van der Waals surface area contributed by atoms with Crippen LogP contribution in [-0.2, 0) is 11.2 Å². The number of benzene rings is 2. The van der Waals surface area contributed by atoms with Crippen molar-refractivity contribution < 1.29 is 4.79 Å². The van der Waals surface area contributed by atoms with Crippen LogP contribution in [0.5, 0.6) is 0 Å². The SMILES string of the molecule is CCc1ccc(-n2c(C(CC)N(CC(C)C)C(=O)CC(C)C)nc3ccccc3c2=O)cc1. The first-order valence-corrected chi connectivity index (χ1v) is 12.2. The summed E-state index contributed by atoms with van der Waals surface area (Å²) in [4.78, 5) is 34.0. The van der Waals surface area contributed by atoms with E-state index in [0.717, 1.165) is 12.1 Å². The molecule has 0 aliphatic rings. The zero-order valence-electron chi connectivity index (χ0n) is 20.8. The van der Waals surface area contributed by atoms with Crippen molar-refractivity contribution in [2.45, 2.75) is 66.8 Å². The van der Waals surface area contributed by atoms with Crippen LogP contribution in [0.3, 0.4) is 0 Å². The highest BCUT2D eigenvalue weighted by molar-refractivity contribution is 5.79. The average Bonchev–Trinajstić information content (AvgIpc) is 2.78. The number of carbonyl (C=O) groups excluding carboxylic acids is 1. The van der Waals surface area contributed by atoms with Crippen molar-refractivity contribution in [1.29, 1.82) is 0 Å². The quantitative estimate of drug-likeness (QED) is 0.408. The fraction of sp³-hybridized carbons (Fsp3) is 0.464. The van der Waals surface area contributed by atoms with Crippen molar-refractivity contribution >= 4 is 16.8 Å². The van der Waals surface area contributed by atoms with E-state index >= 15 is 0 Å². The van der Waals surface area contributed by atoms with Gasteiger partial charge >= 0.3 is 0 Å². The molecule has 1 atom stereocenters. The molecule has 0 aliphatic heterocycles. The normalized spacial score (nSPS) is 12.5. The van der Waals surface area contributed by atoms with E-state index in [-0.39, 0.29) is 23.4 Å². The van der Waals surface area contributed by atoms with E-state index in [2.05, 4.69) is 53.7 Å². The van der Waals surface area contributed by atoms with E-state index < -0.39 is 0 Å². The Morgan fingerprint density at radius 1 is 0.970 bits per heavy atom. The van der Waals surface area contributed by atoms with Crippen molar-refractivity contribution in [3.63, 3.8) is 0 Å². The number of rotatable bonds is 9. The summed E-state index contributed by atoms with van der Waals surface area (Å²) < 4.78 is 1.71. The van der Waals surface area contributed by atoms with Crippen LogP contribution in [0.4, 0.5) is 0 Å². The van der Waals surface area contributed by atoms with Crippen LogP contribution in [0.15, 0.2) is 53.3 Å². The fourth-order valence-electron chi connectivity index (χ4n) is 4.31. The molecule has 0 fully saturated rings. The van der Waals surface area contributed by atoms with Crippen LogP contribution in [0, 0.1) is 11.8 Å². The number of para-hydroxylation sites is 1. The smallest absolute Gasteiger partial charge is 0.266 e. The molecular formula is C28H37N3O2. The molecule has 0 radical (unpaired) electrons. The van der Waals surface area contributed by atoms with Gasteiger partial charge in [-0.3, -0.25) is 14.2 Å². The first-order chi connectivity index (χ1) is 15.8. The standard InChI is InChI=1S/C28H37N3O2/c1-7-21-13-15-22(16-14-21)31-27(29-24-12-10-9-11-23(24)28(31)33)25(8-2)30(18-20(5)6)26(32)17-19(3)4/h9-16,19-20,25H,7-8,17-18H2,1-6H3. The predicted molar refractivity (Wildman–Crippen MR) is 136 cm³/mol. The summed E-state index contributed by atoms with van der Waals surface area (Å²) in [6.07, 6.45) is 2.09. The van der Waals surface area contributed by atoms with Crippen molar-refractivity contribution in [3.8, 4) is 5.69 Å². The minimum absolute atomic E-state index is 0.0981. The molecule has 1 unspecified atom stereocenters. The molecule has 0 bridgehead atoms. The highest BCUT2D eigenvalue weighted by Gasteiger charge is 2.29. The summed E-state index contributed by atoms with van der Waals surface area (Å²) in [6.45, 7) is 13.2. The molecule has 5 heteroatoms. The van der Waals surface area contributed by atoms with Gasteiger partial charge in [0.15, 0.2) is 0 Å². The Kier molecular flexibility index (Phi) is 8.06. The van der Waals surface area contributed by atoms with Gasteiger partial charge in [0.25, 0.3) is 5.56 Å². The van der Waals surface area contributed by atoms with Gasteiger partial charge in [0.1, 0.15) is 5.82 Å². The monoisotopic (exact) mass is 447 g/mol. The van der Waals surface area contributed by atoms with Crippen LogP contribution < -0.4 is 5.56 Å². The molecule has 1 aromatic heterocycles. The summed E-state index contributed by atoms with van der Waals surface area (Å²) in [5.74, 6) is 1.31. The number of carbonyl (C=O) groups is 1. The van der Waals surface area contributed by atoms with E-state index in [1.54, 1.807) is 4.57 Å². The van der Waals surface area contributed by atoms with Gasteiger partial charge in [-0.2, -0.15) is 0 Å². The molecular weight excluding hydrogens is 410 g/mol. The van der Waals surface area contributed by atoms with E-state index in [0.29, 0.717) is 42.0 Å². The molecule has 0 saturated heterocycles. The van der Waals surface area contributed by atoms with Crippen molar-refractivity contribution in [1.82, 2.24) is 14.5 Å². The second-order valence-corrected chi connectivity index (χ2v) is 9.61. The lowest BCUT2D eigenvalue weighted by Gasteiger charge is -2.34. The third-order valence-corrected chi connectivity index (χ3v) is 5.93. The Morgan fingerprint density at radius 3 is 2.21 bits per heavy atom. The maximum absolute atomic E-state index is 13.7. The van der Waals surface area contributed by atoms with E-state index in [4.69, 9.17) is 4.98 Å². The predicted octanol–water partition coefficient (Wildman–Crippen LogP) is 5.93. The van der Waals surface area contributed by atoms with Crippen molar-refractivity contribution in [3.05, 3.63) is 70.3 Å². The Balaban J connectivity index is 2.26. The van der Waals surface area contributed by atoms with Gasteiger partial charge in [-0.1, -0.05) is 65.8 Å². The fourth-order valence-corrected chi connectivity index (χ4v) is 4.31. The van der Waals surface area contributed by atoms with Crippen LogP contribution >= 0.6 is 0 Å². The summed E-state index contributed by atoms with van der Waals surface area (Å²) >= 11 is 0. The molecule has 176 valence electrons. The van der Waals surface area contributed by atoms with Crippen LogP contribution in [0.2, 0.25) is 0 Å². The number of aryl methyl sites for hydroxylation is 1. The number of hydrogen-bond donors (Lipinski definition) is 0. The summed E-state index contributed by atoms with van der Waals surface area (Å²) in [7, 11) is 0. The third-order valence-electron chi connectivity index (χ3n) is 5.93. The molecule has 1 heterocycles. The number of fused-ring (bicyclic) bond motifs is 1. The van der Waals surface area contributed by atoms with Crippen LogP contribution in [0.25, 0.3) is 16.6 Å². The maximum Gasteiger partial charge on any atom is 0.266 e. The van der Waals surface area contributed by atoms with Gasteiger partial charge in [-0.05, 0) is 54.5 Å². The van der Waals surface area contributed by atoms with E-state index in [1.165, 1.54) is 5.56 Å². The molecule has 0 aliphatic carbocycles. The maximum atomic E-state index is 13.7. The number of hydrogen-bond acceptors (Lipinski definition) is 3. The van der Waals surface area contributed by atoms with E-state index in [9.17, 15) is 9.59 Å². The topological polar surface area (TPSA) is 55.2 Å². The Bertz CT molecular complexity index is 1150. The second kappa shape index (κ2) is 10.8. The molecule has 0 spiro atoms. The molecule has 1 amide bonds. The lowest BCUT2D eigenvalue weighted by molar-refractivity contribution is -0.135. The second-order valence-electron chi connectivity index (χ2n) is 9.61. The number of nitrogens with zero attached hydrogens (tertiary/aromatic N) is 3. The zero-order valence-corrected chi connectivity index (χ0v) is 20.8. The first kappa shape index (κ1) is 24.7. The van der Waals surface area contributed by atoms with Gasteiger partial charge in [0.05, 0.1) is 22.6 Å². The van der Waals surface area contributed by atoms with Crippen molar-refractivity contribution in [2.75, 3.05) is 6.54 Å². The summed E-state index contributed by atoms with van der Waals surface area (Å²) in [5.41, 5.74) is 2.56. The molecule has 2 aromatic carbocycles. The first-order valence-electron chi connectivity index (χ1n) is 12.2. The Hall–Kier alpha value is -2.95. The largest absolute Gasteiger partial charge is 0.332 e. The highest BCUT2D eigenvalue weighted by Crippen LogP contribution is 2.28. The molecule has 3 rings (SSSR count).